The van der Waals surface area contributed by atoms with E-state index in [0.29, 0.717) is 10.6 Å². The molecule has 2 aromatic rings. The van der Waals surface area contributed by atoms with Crippen molar-refractivity contribution in [1.29, 1.82) is 0 Å². The second-order valence-electron chi connectivity index (χ2n) is 3.80. The largest absolute Gasteiger partial charge is 0.206 e. The van der Waals surface area contributed by atoms with Crippen molar-refractivity contribution in [2.45, 2.75) is 25.1 Å². The van der Waals surface area contributed by atoms with Gasteiger partial charge in [0.2, 0.25) is 0 Å². The van der Waals surface area contributed by atoms with Crippen LogP contribution >= 0.6 is 27.3 Å². The van der Waals surface area contributed by atoms with Gasteiger partial charge in [0.05, 0.1) is 4.83 Å². The molecule has 0 aliphatic carbocycles. The zero-order valence-electron chi connectivity index (χ0n) is 9.58. The summed E-state index contributed by atoms with van der Waals surface area (Å²) in [5.74, 6) is -0.240. The summed E-state index contributed by atoms with van der Waals surface area (Å²) in [5, 5.41) is 9.65. The average Bonchev–Trinajstić information content (AvgIpc) is 2.77. The zero-order valence-corrected chi connectivity index (χ0v) is 12.0. The molecule has 0 spiro atoms. The number of rotatable bonds is 3. The lowest BCUT2D eigenvalue weighted by Gasteiger charge is -2.00. The normalized spacial score (nSPS) is 12.7. The van der Waals surface area contributed by atoms with Gasteiger partial charge in [0.15, 0.2) is 5.01 Å². The van der Waals surface area contributed by atoms with Crippen LogP contribution < -0.4 is 0 Å². The van der Waals surface area contributed by atoms with E-state index < -0.39 is 0 Å². The van der Waals surface area contributed by atoms with Crippen LogP contribution in [0.5, 0.6) is 0 Å². The minimum Gasteiger partial charge on any atom is -0.206 e. The van der Waals surface area contributed by atoms with E-state index in [9.17, 15) is 4.39 Å². The van der Waals surface area contributed by atoms with Gasteiger partial charge in [-0.1, -0.05) is 40.3 Å². The summed E-state index contributed by atoms with van der Waals surface area (Å²) < 4.78 is 13.8. The Bertz CT molecular complexity index is 527. The number of aromatic nitrogens is 2. The van der Waals surface area contributed by atoms with Gasteiger partial charge in [-0.25, -0.2) is 4.39 Å². The lowest BCUT2D eigenvalue weighted by molar-refractivity contribution is 0.630. The molecular weight excluding hydrogens is 303 g/mol. The van der Waals surface area contributed by atoms with Crippen molar-refractivity contribution in [3.8, 4) is 10.6 Å². The smallest absolute Gasteiger partial charge is 0.150 e. The quantitative estimate of drug-likeness (QED) is 0.780. The summed E-state index contributed by atoms with van der Waals surface area (Å²) in [6, 6.07) is 5.15. The van der Waals surface area contributed by atoms with Gasteiger partial charge in [-0.05, 0) is 31.0 Å². The van der Waals surface area contributed by atoms with Crippen molar-refractivity contribution >= 4 is 27.3 Å². The Morgan fingerprint density at radius 2 is 2.18 bits per heavy atom. The molecule has 17 heavy (non-hydrogen) atoms. The highest BCUT2D eigenvalue weighted by Crippen LogP contribution is 2.33. The highest BCUT2D eigenvalue weighted by molar-refractivity contribution is 9.09. The fourth-order valence-corrected chi connectivity index (χ4v) is 2.74. The molecule has 1 aromatic heterocycles. The molecule has 5 heteroatoms. The summed E-state index contributed by atoms with van der Waals surface area (Å²) >= 11 is 4.94. The summed E-state index contributed by atoms with van der Waals surface area (Å²) in [6.45, 7) is 3.93. The van der Waals surface area contributed by atoms with E-state index in [1.807, 2.05) is 13.0 Å². The van der Waals surface area contributed by atoms with Gasteiger partial charge in [-0.2, -0.15) is 0 Å². The second-order valence-corrected chi connectivity index (χ2v) is 5.92. The fraction of sp³-hybridized carbons (Fsp3) is 0.333. The highest BCUT2D eigenvalue weighted by atomic mass is 79.9. The molecule has 0 amide bonds. The van der Waals surface area contributed by atoms with Crippen LogP contribution in [0.4, 0.5) is 4.39 Å². The number of benzene rings is 1. The van der Waals surface area contributed by atoms with Crippen LogP contribution in [0, 0.1) is 12.7 Å². The first kappa shape index (κ1) is 12.6. The van der Waals surface area contributed by atoms with E-state index in [2.05, 4.69) is 33.1 Å². The third kappa shape index (κ3) is 2.72. The second kappa shape index (κ2) is 5.23. The molecule has 0 bridgehead atoms. The lowest BCUT2D eigenvalue weighted by Crippen LogP contribution is -1.85. The van der Waals surface area contributed by atoms with Crippen molar-refractivity contribution in [3.63, 3.8) is 0 Å². The van der Waals surface area contributed by atoms with Gasteiger partial charge in [0.25, 0.3) is 0 Å². The molecule has 2 nitrogen and oxygen atoms in total. The molecule has 1 unspecified atom stereocenters. The van der Waals surface area contributed by atoms with E-state index in [4.69, 9.17) is 0 Å². The first-order valence-corrected chi connectivity index (χ1v) is 7.09. The number of nitrogens with zero attached hydrogens (tertiary/aromatic N) is 2. The minimum absolute atomic E-state index is 0.197. The van der Waals surface area contributed by atoms with Crippen molar-refractivity contribution in [3.05, 3.63) is 34.6 Å². The van der Waals surface area contributed by atoms with Crippen LogP contribution in [0.25, 0.3) is 10.6 Å². The van der Waals surface area contributed by atoms with Crippen LogP contribution in [-0.2, 0) is 0 Å². The number of hydrogen-bond donors (Lipinski definition) is 0. The molecule has 1 heterocycles. The molecule has 0 fully saturated rings. The maximum absolute atomic E-state index is 13.8. The maximum Gasteiger partial charge on any atom is 0.150 e. The van der Waals surface area contributed by atoms with Gasteiger partial charge >= 0.3 is 0 Å². The number of aryl methyl sites for hydroxylation is 1. The first-order valence-electron chi connectivity index (χ1n) is 5.35. The van der Waals surface area contributed by atoms with Crippen molar-refractivity contribution < 1.29 is 4.39 Å². The predicted molar refractivity (Wildman–Crippen MR) is 72.0 cm³/mol. The van der Waals surface area contributed by atoms with E-state index in [-0.39, 0.29) is 10.6 Å². The summed E-state index contributed by atoms with van der Waals surface area (Å²) in [6.07, 6.45) is 0.936. The van der Waals surface area contributed by atoms with Crippen LogP contribution in [0.3, 0.4) is 0 Å². The van der Waals surface area contributed by atoms with Gasteiger partial charge in [-0.3, -0.25) is 0 Å². The van der Waals surface area contributed by atoms with Crippen LogP contribution in [0.15, 0.2) is 18.2 Å². The molecule has 0 N–H and O–H groups in total. The summed E-state index contributed by atoms with van der Waals surface area (Å²) in [4.78, 5) is 0.197. The van der Waals surface area contributed by atoms with Crippen LogP contribution in [-0.4, -0.2) is 10.2 Å². The Morgan fingerprint density at radius 1 is 1.41 bits per heavy atom. The molecule has 1 aromatic carbocycles. The van der Waals surface area contributed by atoms with Crippen molar-refractivity contribution in [1.82, 2.24) is 10.2 Å². The van der Waals surface area contributed by atoms with Gasteiger partial charge in [0.1, 0.15) is 10.8 Å². The van der Waals surface area contributed by atoms with Crippen molar-refractivity contribution in [2.24, 2.45) is 0 Å². The van der Waals surface area contributed by atoms with E-state index in [0.717, 1.165) is 17.0 Å². The number of halogens is 2. The third-order valence-electron chi connectivity index (χ3n) is 2.42. The Balaban J connectivity index is 2.37. The minimum atomic E-state index is -0.240. The Morgan fingerprint density at radius 3 is 2.82 bits per heavy atom. The van der Waals surface area contributed by atoms with E-state index in [1.165, 1.54) is 17.4 Å². The van der Waals surface area contributed by atoms with Crippen molar-refractivity contribution in [2.75, 3.05) is 0 Å². The molecule has 0 aliphatic rings. The summed E-state index contributed by atoms with van der Waals surface area (Å²) in [7, 11) is 0. The predicted octanol–water partition coefficient (Wildman–Crippen LogP) is 4.50. The number of hydrogen-bond acceptors (Lipinski definition) is 3. The molecule has 2 rings (SSSR count). The molecule has 0 saturated carbocycles. The lowest BCUT2D eigenvalue weighted by atomic mass is 10.1. The van der Waals surface area contributed by atoms with E-state index in [1.54, 1.807) is 6.07 Å². The molecule has 1 atom stereocenters. The molecule has 0 radical (unpaired) electrons. The molecule has 0 saturated heterocycles. The third-order valence-corrected chi connectivity index (χ3v) is 4.88. The van der Waals surface area contributed by atoms with Gasteiger partial charge in [-0.15, -0.1) is 10.2 Å². The molecule has 90 valence electrons. The standard InChI is InChI=1S/C12H12BrFN2S/c1-3-9(13)12-16-15-11(17-12)8-5-4-7(2)6-10(8)14/h4-6,9H,3H2,1-2H3. The molecular formula is C12H12BrFN2S. The Hall–Kier alpha value is -0.810. The SMILES string of the molecule is CCC(Br)c1nnc(-c2ccc(C)cc2F)s1. The molecule has 0 aliphatic heterocycles. The Labute approximate surface area is 112 Å². The van der Waals surface area contributed by atoms with Crippen LogP contribution in [0.1, 0.15) is 28.7 Å². The Kier molecular flexibility index (Phi) is 3.89. The highest BCUT2D eigenvalue weighted by Gasteiger charge is 2.15. The topological polar surface area (TPSA) is 25.8 Å². The summed E-state index contributed by atoms with van der Waals surface area (Å²) in [5.41, 5.74) is 1.43. The van der Waals surface area contributed by atoms with Gasteiger partial charge < -0.3 is 0 Å². The monoisotopic (exact) mass is 314 g/mol. The fourth-order valence-electron chi connectivity index (χ4n) is 1.44. The van der Waals surface area contributed by atoms with Crippen LogP contribution in [0.2, 0.25) is 0 Å². The number of alkyl halides is 1. The zero-order chi connectivity index (χ0) is 12.4. The first-order chi connectivity index (χ1) is 8.11. The maximum atomic E-state index is 13.8. The van der Waals surface area contributed by atoms with E-state index >= 15 is 0 Å². The average molecular weight is 315 g/mol. The van der Waals surface area contributed by atoms with Gasteiger partial charge in [0, 0.05) is 5.56 Å².